The summed E-state index contributed by atoms with van der Waals surface area (Å²) in [5.74, 6) is -0.968. The van der Waals surface area contributed by atoms with Crippen LogP contribution in [-0.4, -0.2) is 43.6 Å². The third-order valence-electron chi connectivity index (χ3n) is 3.72. The summed E-state index contributed by atoms with van der Waals surface area (Å²) in [6.07, 6.45) is 1.61. The monoisotopic (exact) mass is 314 g/mol. The highest BCUT2D eigenvalue weighted by Gasteiger charge is 2.34. The second-order valence-corrected chi connectivity index (χ2v) is 7.60. The SMILES string of the molecule is CC(C(=O)N1CCCC(N)C1)S(=O)(=O)c1ccc(F)cc1. The van der Waals surface area contributed by atoms with Crippen molar-refractivity contribution < 1.29 is 17.6 Å². The van der Waals surface area contributed by atoms with Crippen molar-refractivity contribution in [2.24, 2.45) is 5.73 Å². The van der Waals surface area contributed by atoms with Crippen molar-refractivity contribution in [1.29, 1.82) is 0 Å². The number of hydrogen-bond donors (Lipinski definition) is 1. The highest BCUT2D eigenvalue weighted by Crippen LogP contribution is 2.19. The Labute approximate surface area is 123 Å². The topological polar surface area (TPSA) is 80.5 Å². The average Bonchev–Trinajstić information content (AvgIpc) is 2.46. The molecular weight excluding hydrogens is 295 g/mol. The zero-order chi connectivity index (χ0) is 15.6. The van der Waals surface area contributed by atoms with Gasteiger partial charge in [-0.15, -0.1) is 0 Å². The van der Waals surface area contributed by atoms with E-state index in [9.17, 15) is 17.6 Å². The van der Waals surface area contributed by atoms with Crippen molar-refractivity contribution in [3.8, 4) is 0 Å². The lowest BCUT2D eigenvalue weighted by Crippen LogP contribution is -2.50. The summed E-state index contributed by atoms with van der Waals surface area (Å²) in [5, 5.41) is -1.20. The highest BCUT2D eigenvalue weighted by atomic mass is 32.2. The van der Waals surface area contributed by atoms with Gasteiger partial charge in [0, 0.05) is 19.1 Å². The van der Waals surface area contributed by atoms with Gasteiger partial charge in [0.25, 0.3) is 0 Å². The van der Waals surface area contributed by atoms with Gasteiger partial charge in [-0.25, -0.2) is 12.8 Å². The number of likely N-dealkylation sites (tertiary alicyclic amines) is 1. The summed E-state index contributed by atoms with van der Waals surface area (Å²) in [5.41, 5.74) is 5.81. The number of hydrogen-bond acceptors (Lipinski definition) is 4. The lowest BCUT2D eigenvalue weighted by molar-refractivity contribution is -0.131. The molecule has 0 radical (unpaired) electrons. The quantitative estimate of drug-likeness (QED) is 0.842. The first-order valence-corrected chi connectivity index (χ1v) is 8.41. The van der Waals surface area contributed by atoms with Crippen molar-refractivity contribution in [2.75, 3.05) is 13.1 Å². The molecule has 0 aliphatic carbocycles. The molecule has 0 spiro atoms. The number of piperidine rings is 1. The van der Waals surface area contributed by atoms with Gasteiger partial charge in [0.15, 0.2) is 9.84 Å². The number of halogens is 1. The molecule has 1 aromatic carbocycles. The Morgan fingerprint density at radius 1 is 1.38 bits per heavy atom. The Bertz CT molecular complexity index is 616. The minimum atomic E-state index is -3.82. The Morgan fingerprint density at radius 3 is 2.57 bits per heavy atom. The summed E-state index contributed by atoms with van der Waals surface area (Å²) in [4.78, 5) is 13.8. The number of amides is 1. The number of benzene rings is 1. The van der Waals surface area contributed by atoms with Crippen LogP contribution in [0.2, 0.25) is 0 Å². The molecule has 0 aromatic heterocycles. The summed E-state index contributed by atoms with van der Waals surface area (Å²) < 4.78 is 37.7. The van der Waals surface area contributed by atoms with Gasteiger partial charge >= 0.3 is 0 Å². The number of sulfone groups is 1. The molecule has 0 bridgehead atoms. The molecule has 2 unspecified atom stereocenters. The molecule has 2 atom stereocenters. The van der Waals surface area contributed by atoms with E-state index in [4.69, 9.17) is 5.73 Å². The maximum atomic E-state index is 12.9. The first-order chi connectivity index (χ1) is 9.82. The molecular formula is C14H19FN2O3S. The molecule has 1 aromatic rings. The number of carbonyl (C=O) groups is 1. The fourth-order valence-electron chi connectivity index (χ4n) is 2.43. The fraction of sp³-hybridized carbons (Fsp3) is 0.500. The van der Waals surface area contributed by atoms with Crippen LogP contribution in [0.4, 0.5) is 4.39 Å². The fourth-order valence-corrected chi connectivity index (χ4v) is 3.77. The minimum absolute atomic E-state index is 0.0499. The number of nitrogens with two attached hydrogens (primary N) is 1. The van der Waals surface area contributed by atoms with Crippen LogP contribution in [0.5, 0.6) is 0 Å². The molecule has 1 saturated heterocycles. The van der Waals surface area contributed by atoms with Crippen LogP contribution in [0, 0.1) is 5.82 Å². The van der Waals surface area contributed by atoms with Gasteiger partial charge in [0.1, 0.15) is 11.1 Å². The molecule has 1 amide bonds. The summed E-state index contributed by atoms with van der Waals surface area (Å²) in [6, 6.07) is 4.39. The van der Waals surface area contributed by atoms with Gasteiger partial charge in [-0.2, -0.15) is 0 Å². The Hall–Kier alpha value is -1.47. The number of nitrogens with zero attached hydrogens (tertiary/aromatic N) is 1. The summed E-state index contributed by atoms with van der Waals surface area (Å²) in [6.45, 7) is 2.26. The van der Waals surface area contributed by atoms with Crippen LogP contribution in [0.15, 0.2) is 29.2 Å². The van der Waals surface area contributed by atoms with E-state index in [-0.39, 0.29) is 10.9 Å². The lowest BCUT2D eigenvalue weighted by atomic mass is 10.1. The van der Waals surface area contributed by atoms with Gasteiger partial charge in [-0.05, 0) is 44.0 Å². The standard InChI is InChI=1S/C14H19FN2O3S/c1-10(14(18)17-8-2-3-12(16)9-17)21(19,20)13-6-4-11(15)5-7-13/h4-7,10,12H,2-3,8-9,16H2,1H3. The zero-order valence-corrected chi connectivity index (χ0v) is 12.6. The van der Waals surface area contributed by atoms with Gasteiger partial charge < -0.3 is 10.6 Å². The van der Waals surface area contributed by atoms with Crippen LogP contribution >= 0.6 is 0 Å². The molecule has 7 heteroatoms. The van der Waals surface area contributed by atoms with E-state index in [1.807, 2.05) is 0 Å². The molecule has 116 valence electrons. The average molecular weight is 314 g/mol. The number of carbonyl (C=O) groups excluding carboxylic acids is 1. The van der Waals surface area contributed by atoms with Crippen LogP contribution in [-0.2, 0) is 14.6 Å². The van der Waals surface area contributed by atoms with E-state index in [0.717, 1.165) is 25.0 Å². The van der Waals surface area contributed by atoms with Gasteiger partial charge in [-0.1, -0.05) is 0 Å². The first kappa shape index (κ1) is 15.9. The molecule has 5 nitrogen and oxygen atoms in total. The van der Waals surface area contributed by atoms with Crippen LogP contribution in [0.25, 0.3) is 0 Å². The third-order valence-corrected chi connectivity index (χ3v) is 5.79. The van der Waals surface area contributed by atoms with Gasteiger partial charge in [0.05, 0.1) is 4.90 Å². The number of rotatable bonds is 3. The molecule has 1 aliphatic heterocycles. The Kier molecular flexibility index (Phi) is 4.63. The third kappa shape index (κ3) is 3.41. The molecule has 21 heavy (non-hydrogen) atoms. The molecule has 1 aliphatic rings. The van der Waals surface area contributed by atoms with Crippen molar-refractivity contribution in [2.45, 2.75) is 36.0 Å². The zero-order valence-electron chi connectivity index (χ0n) is 11.8. The summed E-state index contributed by atoms with van der Waals surface area (Å²) >= 11 is 0. The van der Waals surface area contributed by atoms with E-state index in [0.29, 0.717) is 13.1 Å². The van der Waals surface area contributed by atoms with Crippen LogP contribution < -0.4 is 5.73 Å². The summed E-state index contributed by atoms with van der Waals surface area (Å²) in [7, 11) is -3.82. The van der Waals surface area contributed by atoms with E-state index < -0.39 is 26.8 Å². The van der Waals surface area contributed by atoms with E-state index in [1.165, 1.54) is 24.0 Å². The molecule has 2 rings (SSSR count). The predicted molar refractivity (Wildman–Crippen MR) is 76.8 cm³/mol. The highest BCUT2D eigenvalue weighted by molar-refractivity contribution is 7.92. The van der Waals surface area contributed by atoms with E-state index in [1.54, 1.807) is 0 Å². The maximum absolute atomic E-state index is 12.9. The smallest absolute Gasteiger partial charge is 0.241 e. The Morgan fingerprint density at radius 2 is 2.00 bits per heavy atom. The van der Waals surface area contributed by atoms with Crippen LogP contribution in [0.1, 0.15) is 19.8 Å². The van der Waals surface area contributed by atoms with Crippen LogP contribution in [0.3, 0.4) is 0 Å². The predicted octanol–water partition coefficient (Wildman–Crippen LogP) is 0.938. The largest absolute Gasteiger partial charge is 0.340 e. The lowest BCUT2D eigenvalue weighted by Gasteiger charge is -2.32. The van der Waals surface area contributed by atoms with Gasteiger partial charge in [-0.3, -0.25) is 4.79 Å². The van der Waals surface area contributed by atoms with E-state index in [2.05, 4.69) is 0 Å². The van der Waals surface area contributed by atoms with E-state index >= 15 is 0 Å². The maximum Gasteiger partial charge on any atom is 0.241 e. The second kappa shape index (κ2) is 6.11. The normalized spacial score (nSPS) is 21.1. The van der Waals surface area contributed by atoms with Crippen molar-refractivity contribution in [1.82, 2.24) is 4.90 Å². The molecule has 1 heterocycles. The minimum Gasteiger partial charge on any atom is -0.340 e. The molecule has 1 fully saturated rings. The molecule has 0 saturated carbocycles. The molecule has 2 N–H and O–H groups in total. The Balaban J connectivity index is 2.19. The van der Waals surface area contributed by atoms with Gasteiger partial charge in [0.2, 0.25) is 5.91 Å². The van der Waals surface area contributed by atoms with Crippen molar-refractivity contribution in [3.05, 3.63) is 30.1 Å². The second-order valence-electron chi connectivity index (χ2n) is 5.33. The van der Waals surface area contributed by atoms with Crippen molar-refractivity contribution >= 4 is 15.7 Å². The first-order valence-electron chi connectivity index (χ1n) is 6.86. The van der Waals surface area contributed by atoms with Crippen molar-refractivity contribution in [3.63, 3.8) is 0 Å².